The van der Waals surface area contributed by atoms with E-state index in [0.717, 1.165) is 31.2 Å². The number of carbonyl (C=O) groups excluding carboxylic acids is 3. The molecule has 0 spiro atoms. The van der Waals surface area contributed by atoms with Gasteiger partial charge in [0.2, 0.25) is 17.7 Å². The van der Waals surface area contributed by atoms with Gasteiger partial charge >= 0.3 is 0 Å². The van der Waals surface area contributed by atoms with E-state index in [0.29, 0.717) is 46.2 Å². The van der Waals surface area contributed by atoms with Gasteiger partial charge in [0.05, 0.1) is 59.3 Å². The second-order valence-corrected chi connectivity index (χ2v) is 10.2. The van der Waals surface area contributed by atoms with E-state index in [9.17, 15) is 14.4 Å². The van der Waals surface area contributed by atoms with Crippen LogP contribution in [0, 0.1) is 0 Å². The predicted molar refractivity (Wildman–Crippen MR) is 164 cm³/mol. The first-order valence-electron chi connectivity index (χ1n) is 15.0. The number of methoxy groups -OCH3 is 1. The molecule has 0 radical (unpaired) electrons. The number of carbonyl (C=O) groups is 3. The largest absolute Gasteiger partial charge is 0.382 e. The summed E-state index contributed by atoms with van der Waals surface area (Å²) in [6, 6.07) is 18.0. The summed E-state index contributed by atoms with van der Waals surface area (Å²) in [4.78, 5) is 36.7. The number of hydrogen-bond acceptors (Lipinski definition) is 8. The van der Waals surface area contributed by atoms with E-state index in [1.54, 1.807) is 14.0 Å². The molecule has 2 rings (SSSR count). The zero-order chi connectivity index (χ0) is 31.0. The van der Waals surface area contributed by atoms with Crippen molar-refractivity contribution in [2.45, 2.75) is 51.5 Å². The van der Waals surface area contributed by atoms with Gasteiger partial charge < -0.3 is 29.0 Å². The molecule has 43 heavy (non-hydrogen) atoms. The first-order valence-corrected chi connectivity index (χ1v) is 15.0. The summed E-state index contributed by atoms with van der Waals surface area (Å²) >= 11 is 0. The van der Waals surface area contributed by atoms with E-state index >= 15 is 0 Å². The number of amides is 3. The molecule has 0 fully saturated rings. The summed E-state index contributed by atoms with van der Waals surface area (Å²) in [5, 5.41) is 5.10. The molecule has 10 nitrogen and oxygen atoms in total. The molecule has 238 valence electrons. The fraction of sp³-hybridized carbons (Fsp3) is 0.545. The summed E-state index contributed by atoms with van der Waals surface area (Å²) in [5.41, 5.74) is 3.43. The normalized spacial score (nSPS) is 11.7. The van der Waals surface area contributed by atoms with Crippen LogP contribution in [0.4, 0.5) is 0 Å². The number of imide groups is 1. The van der Waals surface area contributed by atoms with Crippen molar-refractivity contribution in [2.75, 3.05) is 66.6 Å². The molecule has 2 aromatic rings. The number of ether oxygens (including phenoxy) is 5. The Balaban J connectivity index is 1.47. The van der Waals surface area contributed by atoms with Gasteiger partial charge in [-0.25, -0.2) is 0 Å². The number of hydrogen-bond donors (Lipinski definition) is 2. The third kappa shape index (κ3) is 18.9. The first kappa shape index (κ1) is 36.0. The van der Waals surface area contributed by atoms with Crippen LogP contribution in [0.3, 0.4) is 0 Å². The Morgan fingerprint density at radius 3 is 1.72 bits per heavy atom. The zero-order valence-electron chi connectivity index (χ0n) is 25.6. The Labute approximate surface area is 255 Å². The Hall–Kier alpha value is -3.15. The highest BCUT2D eigenvalue weighted by molar-refractivity contribution is 5.96. The van der Waals surface area contributed by atoms with Gasteiger partial charge in [-0.3, -0.25) is 19.7 Å². The van der Waals surface area contributed by atoms with Gasteiger partial charge in [0.15, 0.2) is 0 Å². The van der Waals surface area contributed by atoms with Crippen molar-refractivity contribution in [3.05, 3.63) is 71.3 Å². The van der Waals surface area contributed by atoms with Gasteiger partial charge in [-0.05, 0) is 49.3 Å². The van der Waals surface area contributed by atoms with Crippen LogP contribution in [0.1, 0.15) is 42.9 Å². The van der Waals surface area contributed by atoms with E-state index in [-0.39, 0.29) is 37.9 Å². The highest BCUT2D eigenvalue weighted by Crippen LogP contribution is 2.11. The molecule has 2 N–H and O–H groups in total. The summed E-state index contributed by atoms with van der Waals surface area (Å²) in [6.07, 6.45) is 4.39. The molecule has 10 heteroatoms. The quantitative estimate of drug-likeness (QED) is 0.177. The van der Waals surface area contributed by atoms with Gasteiger partial charge in [-0.2, -0.15) is 0 Å². The molecule has 3 amide bonds. The van der Waals surface area contributed by atoms with E-state index in [4.69, 9.17) is 23.7 Å². The average Bonchev–Trinajstić information content (AvgIpc) is 2.98. The lowest BCUT2D eigenvalue weighted by Gasteiger charge is -2.14. The van der Waals surface area contributed by atoms with E-state index in [1.807, 2.05) is 30.3 Å². The van der Waals surface area contributed by atoms with Crippen LogP contribution >= 0.6 is 0 Å². The minimum Gasteiger partial charge on any atom is -0.382 e. The third-order valence-electron chi connectivity index (χ3n) is 6.37. The predicted octanol–water partition coefficient (Wildman–Crippen LogP) is 3.04. The summed E-state index contributed by atoms with van der Waals surface area (Å²) < 4.78 is 26.2. The highest BCUT2D eigenvalue weighted by Gasteiger charge is 2.15. The molecule has 0 heterocycles. The summed E-state index contributed by atoms with van der Waals surface area (Å²) in [6.45, 7) is 5.09. The minimum absolute atomic E-state index is 0.0140. The molecular weight excluding hydrogens is 552 g/mol. The maximum atomic E-state index is 12.3. The van der Waals surface area contributed by atoms with Crippen molar-refractivity contribution in [1.82, 2.24) is 10.6 Å². The van der Waals surface area contributed by atoms with Crippen molar-refractivity contribution in [3.8, 4) is 0 Å². The highest BCUT2D eigenvalue weighted by atomic mass is 16.6. The fourth-order valence-corrected chi connectivity index (χ4v) is 4.18. The molecule has 0 saturated carbocycles. The fourth-order valence-electron chi connectivity index (χ4n) is 4.18. The number of rotatable bonds is 24. The van der Waals surface area contributed by atoms with Crippen molar-refractivity contribution < 1.29 is 38.1 Å². The van der Waals surface area contributed by atoms with Crippen molar-refractivity contribution >= 4 is 17.7 Å². The molecule has 0 aromatic heterocycles. The van der Waals surface area contributed by atoms with Crippen LogP contribution in [-0.4, -0.2) is 90.3 Å². The van der Waals surface area contributed by atoms with E-state index in [1.165, 1.54) is 11.1 Å². The molecule has 0 aliphatic carbocycles. The Morgan fingerprint density at radius 2 is 1.14 bits per heavy atom. The van der Waals surface area contributed by atoms with Crippen LogP contribution in [0.2, 0.25) is 0 Å². The summed E-state index contributed by atoms with van der Waals surface area (Å²) in [7, 11) is 1.62. The van der Waals surface area contributed by atoms with Gasteiger partial charge in [0, 0.05) is 19.6 Å². The minimum atomic E-state index is -0.447. The molecule has 1 atom stereocenters. The molecule has 0 bridgehead atoms. The number of benzene rings is 2. The van der Waals surface area contributed by atoms with Gasteiger partial charge in [-0.15, -0.1) is 0 Å². The zero-order valence-corrected chi connectivity index (χ0v) is 25.6. The number of nitrogens with one attached hydrogen (secondary N) is 2. The maximum absolute atomic E-state index is 12.3. The molecule has 2 aromatic carbocycles. The molecule has 0 aliphatic rings. The number of aryl methyl sites for hydroxylation is 2. The molecule has 0 saturated heterocycles. The van der Waals surface area contributed by atoms with Crippen LogP contribution in [0.15, 0.2) is 54.6 Å². The molecule has 1 unspecified atom stereocenters. The van der Waals surface area contributed by atoms with Gasteiger partial charge in [0.25, 0.3) is 0 Å². The Kier molecular flexibility index (Phi) is 19.6. The maximum Gasteiger partial charge on any atom is 0.246 e. The smallest absolute Gasteiger partial charge is 0.246 e. The van der Waals surface area contributed by atoms with Crippen molar-refractivity contribution in [1.29, 1.82) is 0 Å². The second kappa shape index (κ2) is 23.3. The van der Waals surface area contributed by atoms with Crippen molar-refractivity contribution in [3.63, 3.8) is 0 Å². The van der Waals surface area contributed by atoms with Crippen LogP contribution < -0.4 is 10.6 Å². The van der Waals surface area contributed by atoms with E-state index < -0.39 is 11.9 Å². The second-order valence-electron chi connectivity index (χ2n) is 10.2. The van der Waals surface area contributed by atoms with Crippen molar-refractivity contribution in [2.24, 2.45) is 0 Å². The van der Waals surface area contributed by atoms with Gasteiger partial charge in [-0.1, -0.05) is 54.6 Å². The summed E-state index contributed by atoms with van der Waals surface area (Å²) in [5.74, 6) is -1.15. The molecular formula is C33H48N2O8. The van der Waals surface area contributed by atoms with Gasteiger partial charge in [0.1, 0.15) is 6.61 Å². The van der Waals surface area contributed by atoms with Crippen LogP contribution in [0.5, 0.6) is 0 Å². The third-order valence-corrected chi connectivity index (χ3v) is 6.37. The Bertz CT molecular complexity index is 1030. The van der Waals surface area contributed by atoms with E-state index in [2.05, 4.69) is 34.9 Å². The topological polar surface area (TPSA) is 121 Å². The molecule has 0 aliphatic heterocycles. The monoisotopic (exact) mass is 600 g/mol. The van der Waals surface area contributed by atoms with Crippen LogP contribution in [0.25, 0.3) is 0 Å². The first-order chi connectivity index (χ1) is 21.0. The average molecular weight is 601 g/mol. The SMILES string of the molecule is COCCOCCOCCOCCOCC(=O)NC(C)CC(=O)NC(=O)Cc1ccc(CCCCc2ccccc2)cc1. The standard InChI is InChI=1S/C33H48N2O8/c1-27(34-33(38)26-43-23-22-42-21-20-41-19-18-40-17-16-39-2)24-31(36)35-32(37)25-30-14-12-29(13-15-30)11-7-6-10-28-8-4-3-5-9-28/h3-5,8-9,12-15,27H,6-7,10-11,16-26H2,1-2H3,(H,34,38)(H,35,36,37). The lowest BCUT2D eigenvalue weighted by Crippen LogP contribution is -2.40. The number of unbranched alkanes of at least 4 members (excludes halogenated alkanes) is 1. The lowest BCUT2D eigenvalue weighted by molar-refractivity contribution is -0.130. The Morgan fingerprint density at radius 1 is 0.628 bits per heavy atom. The lowest BCUT2D eigenvalue weighted by atomic mass is 10.0. The van der Waals surface area contributed by atoms with Crippen LogP contribution in [-0.2, 0) is 57.3 Å².